The molecule has 1 N–H and O–H groups in total. The maximum Gasteiger partial charge on any atom is 0.266 e. The summed E-state index contributed by atoms with van der Waals surface area (Å²) in [5.41, 5.74) is 4.69. The number of nitrogens with zero attached hydrogens (tertiary/aromatic N) is 2. The van der Waals surface area contributed by atoms with Gasteiger partial charge in [0, 0.05) is 6.07 Å². The number of nitrogens with one attached hydrogen (secondary N) is 1. The predicted molar refractivity (Wildman–Crippen MR) is 57.1 cm³/mol. The van der Waals surface area contributed by atoms with Gasteiger partial charge in [-0.25, -0.2) is 0 Å². The summed E-state index contributed by atoms with van der Waals surface area (Å²) in [6.45, 7) is 0. The lowest BCUT2D eigenvalue weighted by molar-refractivity contribution is -0.438. The van der Waals surface area contributed by atoms with Gasteiger partial charge < -0.3 is 15.9 Å². The highest BCUT2D eigenvalue weighted by Crippen LogP contribution is 2.33. The smallest absolute Gasteiger partial charge is 0.266 e. The van der Waals surface area contributed by atoms with Crippen molar-refractivity contribution in [3.63, 3.8) is 0 Å². The van der Waals surface area contributed by atoms with Crippen LogP contribution in [0.5, 0.6) is 0 Å². The molecule has 80 valence electrons. The first-order valence-corrected chi connectivity index (χ1v) is 4.87. The molecule has 5 nitrogen and oxygen atoms in total. The lowest BCUT2D eigenvalue weighted by atomic mass is 10.1. The summed E-state index contributed by atoms with van der Waals surface area (Å²) in [6.07, 6.45) is 3.03. The number of rotatable bonds is 2. The molecule has 0 unspecified atom stereocenters. The fraction of sp³-hybridized carbons (Fsp3) is 0.400. The number of fused-ring (bicyclic) bond motifs is 1. The third-order valence-corrected chi connectivity index (χ3v) is 2.71. The molecule has 1 aromatic rings. The standard InChI is InChI=1S/C10H12N3O2/c1-11-13(15)10-6-8-4-2-3-7(8)5-9(10)12-14/h5-6,12H,2-4H2,1H3/q-1. The van der Waals surface area contributed by atoms with E-state index in [1.54, 1.807) is 17.6 Å². The number of azo groups is 1. The molecular weight excluding hydrogens is 194 g/mol. The molecule has 0 spiro atoms. The SMILES string of the molecule is CN=[N+]([O-])c1cc2c(cc1N[O-])CCC2. The van der Waals surface area contributed by atoms with Crippen LogP contribution in [0.3, 0.4) is 0 Å². The number of hydrogen-bond acceptors (Lipinski definition) is 4. The van der Waals surface area contributed by atoms with Crippen LogP contribution in [0, 0.1) is 10.4 Å². The van der Waals surface area contributed by atoms with Crippen LogP contribution in [-0.2, 0) is 12.8 Å². The first kappa shape index (κ1) is 9.92. The van der Waals surface area contributed by atoms with Gasteiger partial charge in [0.2, 0.25) is 0 Å². The van der Waals surface area contributed by atoms with Crippen LogP contribution in [-0.4, -0.2) is 11.9 Å². The first-order valence-electron chi connectivity index (χ1n) is 4.87. The molecule has 0 atom stereocenters. The molecule has 0 radical (unpaired) electrons. The average Bonchev–Trinajstić information content (AvgIpc) is 2.73. The quantitative estimate of drug-likeness (QED) is 0.458. The zero-order valence-electron chi connectivity index (χ0n) is 8.49. The van der Waals surface area contributed by atoms with Gasteiger partial charge in [-0.05, 0) is 41.6 Å². The Balaban J connectivity index is 2.53. The van der Waals surface area contributed by atoms with Crippen molar-refractivity contribution in [2.45, 2.75) is 19.3 Å². The van der Waals surface area contributed by atoms with E-state index in [2.05, 4.69) is 5.11 Å². The Hall–Kier alpha value is -1.62. The number of hydrogen-bond donors (Lipinski definition) is 1. The van der Waals surface area contributed by atoms with Crippen LogP contribution >= 0.6 is 0 Å². The molecule has 0 fully saturated rings. The van der Waals surface area contributed by atoms with Crippen molar-refractivity contribution in [1.29, 1.82) is 0 Å². The van der Waals surface area contributed by atoms with Gasteiger partial charge >= 0.3 is 0 Å². The first-order chi connectivity index (χ1) is 7.26. The van der Waals surface area contributed by atoms with Gasteiger partial charge in [-0.2, -0.15) is 0 Å². The lowest BCUT2D eigenvalue weighted by Gasteiger charge is -2.13. The molecule has 1 aliphatic rings. The molecule has 0 amide bonds. The van der Waals surface area contributed by atoms with Crippen molar-refractivity contribution in [2.75, 3.05) is 12.5 Å². The zero-order chi connectivity index (χ0) is 10.8. The van der Waals surface area contributed by atoms with Gasteiger partial charge in [0.25, 0.3) is 5.69 Å². The Kier molecular flexibility index (Phi) is 2.55. The highest BCUT2D eigenvalue weighted by Gasteiger charge is 2.18. The van der Waals surface area contributed by atoms with E-state index in [0.717, 1.165) is 30.4 Å². The van der Waals surface area contributed by atoms with E-state index in [1.807, 2.05) is 0 Å². The highest BCUT2D eigenvalue weighted by atomic mass is 16.5. The minimum atomic E-state index is 0.299. The number of benzene rings is 1. The van der Waals surface area contributed by atoms with Crippen LogP contribution in [0.4, 0.5) is 11.4 Å². The maximum atomic E-state index is 11.4. The minimum absolute atomic E-state index is 0.299. The van der Waals surface area contributed by atoms with E-state index in [4.69, 9.17) is 0 Å². The van der Waals surface area contributed by atoms with Crippen molar-refractivity contribution < 1.29 is 4.86 Å². The molecule has 0 aromatic heterocycles. The summed E-state index contributed by atoms with van der Waals surface area (Å²) in [5.74, 6) is 0. The normalized spacial score (nSPS) is 15.2. The van der Waals surface area contributed by atoms with Gasteiger partial charge in [-0.3, -0.25) is 0 Å². The average molecular weight is 206 g/mol. The number of aryl methyl sites for hydroxylation is 2. The van der Waals surface area contributed by atoms with Gasteiger partial charge in [0.1, 0.15) is 5.69 Å². The molecular formula is C10H12N3O2-. The Morgan fingerprint density at radius 1 is 1.33 bits per heavy atom. The lowest BCUT2D eigenvalue weighted by Crippen LogP contribution is -1.98. The summed E-state index contributed by atoms with van der Waals surface area (Å²) in [6, 6.07) is 3.50. The third kappa shape index (κ3) is 1.66. The van der Waals surface area contributed by atoms with Crippen LogP contribution in [0.1, 0.15) is 17.5 Å². The molecule has 0 heterocycles. The third-order valence-electron chi connectivity index (χ3n) is 2.71. The fourth-order valence-corrected chi connectivity index (χ4v) is 1.96. The Morgan fingerprint density at radius 2 is 2.00 bits per heavy atom. The van der Waals surface area contributed by atoms with Crippen molar-refractivity contribution >= 4 is 11.4 Å². The molecule has 0 saturated heterocycles. The molecule has 1 aromatic carbocycles. The topological polar surface area (TPSA) is 73.5 Å². The van der Waals surface area contributed by atoms with Crippen molar-refractivity contribution in [1.82, 2.24) is 0 Å². The van der Waals surface area contributed by atoms with E-state index in [1.165, 1.54) is 7.05 Å². The largest absolute Gasteiger partial charge is 0.761 e. The van der Waals surface area contributed by atoms with Crippen LogP contribution < -0.4 is 5.48 Å². The van der Waals surface area contributed by atoms with E-state index in [-0.39, 0.29) is 0 Å². The molecule has 5 heteroatoms. The van der Waals surface area contributed by atoms with E-state index >= 15 is 0 Å². The second-order valence-corrected chi connectivity index (χ2v) is 3.57. The second kappa shape index (κ2) is 3.86. The van der Waals surface area contributed by atoms with Crippen LogP contribution in [0.2, 0.25) is 0 Å². The Morgan fingerprint density at radius 3 is 2.60 bits per heavy atom. The molecule has 15 heavy (non-hydrogen) atoms. The number of anilines is 1. The fourth-order valence-electron chi connectivity index (χ4n) is 1.96. The summed E-state index contributed by atoms with van der Waals surface area (Å²) in [7, 11) is 1.40. The van der Waals surface area contributed by atoms with Crippen molar-refractivity contribution in [3.8, 4) is 0 Å². The Bertz CT molecular complexity index is 415. The predicted octanol–water partition coefficient (Wildman–Crippen LogP) is 2.31. The van der Waals surface area contributed by atoms with E-state index < -0.39 is 0 Å². The summed E-state index contributed by atoms with van der Waals surface area (Å²) in [4.78, 5) is 0.471. The minimum Gasteiger partial charge on any atom is -0.761 e. The molecule has 2 rings (SSSR count). The maximum absolute atomic E-state index is 11.4. The van der Waals surface area contributed by atoms with Gasteiger partial charge in [-0.1, -0.05) is 4.86 Å². The van der Waals surface area contributed by atoms with Crippen molar-refractivity contribution in [3.05, 3.63) is 33.7 Å². The Labute approximate surface area is 87.6 Å². The van der Waals surface area contributed by atoms with Gasteiger partial charge in [-0.15, -0.1) is 0 Å². The second-order valence-electron chi connectivity index (χ2n) is 3.57. The summed E-state index contributed by atoms with van der Waals surface area (Å²) < 4.78 is 0. The van der Waals surface area contributed by atoms with Crippen LogP contribution in [0.25, 0.3) is 0 Å². The molecule has 0 bridgehead atoms. The monoisotopic (exact) mass is 206 g/mol. The molecule has 1 aliphatic carbocycles. The summed E-state index contributed by atoms with van der Waals surface area (Å²) >= 11 is 0. The molecule has 0 aliphatic heterocycles. The highest BCUT2D eigenvalue weighted by molar-refractivity contribution is 5.65. The molecule has 0 saturated carbocycles. The van der Waals surface area contributed by atoms with E-state index in [0.29, 0.717) is 16.2 Å². The summed E-state index contributed by atoms with van der Waals surface area (Å²) in [5, 5.41) is 25.6. The van der Waals surface area contributed by atoms with E-state index in [9.17, 15) is 10.4 Å². The van der Waals surface area contributed by atoms with Crippen LogP contribution in [0.15, 0.2) is 17.2 Å². The van der Waals surface area contributed by atoms with Crippen molar-refractivity contribution in [2.24, 2.45) is 5.11 Å². The zero-order valence-corrected chi connectivity index (χ0v) is 8.49. The van der Waals surface area contributed by atoms with Gasteiger partial charge in [0.15, 0.2) is 0 Å². The van der Waals surface area contributed by atoms with Gasteiger partial charge in [0.05, 0.1) is 7.05 Å².